The standard InChI is InChI=1S/C63H48N4S/c1-37-29-39(3)59(40(4)30-37)47-23-27-54-51(34-47)52-35-48(60-41(5)31-38(2)32-42(60)6)24-28-55(52)67(54)56-26-22-45(46-21-25-50-49-19-13-14-20-57(49)68-58(50)36-46)33-53(56)63-65-61(43-15-9-7-10-16-43)64-62(66-63)44-17-11-8-12-18-44/h7-36H,1-6H3. The van der Waals surface area contributed by atoms with Crippen LogP contribution in [0.1, 0.15) is 33.4 Å². The first-order valence-corrected chi connectivity index (χ1v) is 24.1. The van der Waals surface area contributed by atoms with E-state index in [4.69, 9.17) is 15.0 Å². The topological polar surface area (TPSA) is 43.6 Å². The van der Waals surface area contributed by atoms with Gasteiger partial charge in [-0.3, -0.25) is 0 Å². The van der Waals surface area contributed by atoms with Crippen molar-refractivity contribution in [1.82, 2.24) is 19.5 Å². The van der Waals surface area contributed by atoms with Crippen LogP contribution in [0.2, 0.25) is 0 Å². The molecule has 0 spiro atoms. The van der Waals surface area contributed by atoms with Crippen molar-refractivity contribution >= 4 is 53.3 Å². The van der Waals surface area contributed by atoms with Crippen LogP contribution in [-0.2, 0) is 0 Å². The second kappa shape index (κ2) is 16.4. The third kappa shape index (κ3) is 7.10. The van der Waals surface area contributed by atoms with Gasteiger partial charge in [-0.25, -0.2) is 15.0 Å². The van der Waals surface area contributed by atoms with Gasteiger partial charge >= 0.3 is 0 Å². The fourth-order valence-corrected chi connectivity index (χ4v) is 11.9. The van der Waals surface area contributed by atoms with Gasteiger partial charge in [0.25, 0.3) is 0 Å². The van der Waals surface area contributed by atoms with Crippen molar-refractivity contribution in [2.24, 2.45) is 0 Å². The third-order valence-corrected chi connectivity index (χ3v) is 14.7. The maximum Gasteiger partial charge on any atom is 0.166 e. The molecular formula is C63H48N4S. The van der Waals surface area contributed by atoms with E-state index in [1.165, 1.54) is 86.6 Å². The number of nitrogens with zero attached hydrogens (tertiary/aromatic N) is 4. The molecule has 0 unspecified atom stereocenters. The van der Waals surface area contributed by atoms with Crippen molar-refractivity contribution in [1.29, 1.82) is 0 Å². The van der Waals surface area contributed by atoms with Crippen LogP contribution in [-0.4, -0.2) is 19.5 Å². The van der Waals surface area contributed by atoms with Crippen LogP contribution in [0.4, 0.5) is 0 Å². The van der Waals surface area contributed by atoms with E-state index in [2.05, 4.69) is 192 Å². The third-order valence-electron chi connectivity index (χ3n) is 13.6. The second-order valence-corrected chi connectivity index (χ2v) is 19.5. The molecule has 3 aromatic heterocycles. The number of hydrogen-bond donors (Lipinski definition) is 0. The Bertz CT molecular complexity index is 3750. The van der Waals surface area contributed by atoms with Crippen LogP contribution >= 0.6 is 11.3 Å². The maximum atomic E-state index is 5.37. The fraction of sp³-hybridized carbons (Fsp3) is 0.0952. The Morgan fingerprint density at radius 3 is 1.35 bits per heavy atom. The Morgan fingerprint density at radius 2 is 0.794 bits per heavy atom. The van der Waals surface area contributed by atoms with Gasteiger partial charge in [-0.1, -0.05) is 145 Å². The molecule has 0 radical (unpaired) electrons. The van der Waals surface area contributed by atoms with Gasteiger partial charge in [-0.2, -0.15) is 0 Å². The summed E-state index contributed by atoms with van der Waals surface area (Å²) >= 11 is 1.84. The van der Waals surface area contributed by atoms with Crippen LogP contribution in [0.25, 0.3) is 115 Å². The molecule has 0 saturated heterocycles. The van der Waals surface area contributed by atoms with E-state index < -0.39 is 0 Å². The van der Waals surface area contributed by atoms with Crippen LogP contribution < -0.4 is 0 Å². The van der Waals surface area contributed by atoms with Gasteiger partial charge in [-0.15, -0.1) is 11.3 Å². The molecule has 0 aliphatic heterocycles. The lowest BCUT2D eigenvalue weighted by Gasteiger charge is -2.17. The van der Waals surface area contributed by atoms with E-state index in [0.29, 0.717) is 17.5 Å². The normalized spacial score (nSPS) is 11.7. The summed E-state index contributed by atoms with van der Waals surface area (Å²) in [6, 6.07) is 66.1. The summed E-state index contributed by atoms with van der Waals surface area (Å²) in [6.45, 7) is 13.3. The lowest BCUT2D eigenvalue weighted by Crippen LogP contribution is -2.04. The predicted molar refractivity (Wildman–Crippen MR) is 288 cm³/mol. The summed E-state index contributed by atoms with van der Waals surface area (Å²) < 4.78 is 4.99. The Morgan fingerprint density at radius 1 is 0.338 bits per heavy atom. The van der Waals surface area contributed by atoms with E-state index in [-0.39, 0.29) is 0 Å². The summed E-state index contributed by atoms with van der Waals surface area (Å²) in [5.41, 5.74) is 20.9. The van der Waals surface area contributed by atoms with Gasteiger partial charge in [0.05, 0.1) is 16.7 Å². The number of hydrogen-bond acceptors (Lipinski definition) is 4. The molecule has 68 heavy (non-hydrogen) atoms. The number of aromatic nitrogens is 4. The van der Waals surface area contributed by atoms with E-state index in [0.717, 1.165) is 44.5 Å². The van der Waals surface area contributed by atoms with Crippen molar-refractivity contribution in [3.63, 3.8) is 0 Å². The number of fused-ring (bicyclic) bond motifs is 6. The van der Waals surface area contributed by atoms with Gasteiger partial charge in [0, 0.05) is 47.6 Å². The number of aryl methyl sites for hydroxylation is 6. The quantitative estimate of drug-likeness (QED) is 0.160. The Hall–Kier alpha value is -7.99. The maximum absolute atomic E-state index is 5.37. The number of thiophene rings is 1. The highest BCUT2D eigenvalue weighted by molar-refractivity contribution is 7.25. The zero-order chi connectivity index (χ0) is 46.2. The molecule has 0 fully saturated rings. The van der Waals surface area contributed by atoms with Gasteiger partial charge in [-0.05, 0) is 146 Å². The molecule has 0 amide bonds. The van der Waals surface area contributed by atoms with E-state index in [9.17, 15) is 0 Å². The summed E-state index contributed by atoms with van der Waals surface area (Å²) in [6.07, 6.45) is 0. The van der Waals surface area contributed by atoms with Gasteiger partial charge in [0.1, 0.15) is 0 Å². The van der Waals surface area contributed by atoms with Crippen molar-refractivity contribution in [2.75, 3.05) is 0 Å². The summed E-state index contributed by atoms with van der Waals surface area (Å²) in [4.78, 5) is 15.9. The van der Waals surface area contributed by atoms with Crippen molar-refractivity contribution < 1.29 is 0 Å². The highest BCUT2D eigenvalue weighted by Gasteiger charge is 2.23. The summed E-state index contributed by atoms with van der Waals surface area (Å²) in [5.74, 6) is 1.86. The molecule has 5 heteroatoms. The minimum atomic E-state index is 0.609. The van der Waals surface area contributed by atoms with E-state index in [1.807, 2.05) is 47.7 Å². The van der Waals surface area contributed by atoms with Crippen molar-refractivity contribution in [3.05, 3.63) is 215 Å². The summed E-state index contributed by atoms with van der Waals surface area (Å²) in [5, 5.41) is 4.95. The molecule has 4 nitrogen and oxygen atoms in total. The second-order valence-electron chi connectivity index (χ2n) is 18.4. The van der Waals surface area contributed by atoms with Crippen LogP contribution in [0.3, 0.4) is 0 Å². The largest absolute Gasteiger partial charge is 0.308 e. The highest BCUT2D eigenvalue weighted by atomic mass is 32.1. The molecule has 9 aromatic carbocycles. The van der Waals surface area contributed by atoms with Crippen molar-refractivity contribution in [2.45, 2.75) is 41.5 Å². The Balaban J connectivity index is 1.15. The Labute approximate surface area is 400 Å². The van der Waals surface area contributed by atoms with Gasteiger partial charge in [0.2, 0.25) is 0 Å². The first-order chi connectivity index (χ1) is 33.1. The number of rotatable bonds is 7. The molecule has 0 N–H and O–H groups in total. The zero-order valence-electron chi connectivity index (χ0n) is 39.0. The molecule has 0 saturated carbocycles. The molecule has 12 aromatic rings. The Kier molecular flexibility index (Phi) is 10.00. The summed E-state index contributed by atoms with van der Waals surface area (Å²) in [7, 11) is 0. The average Bonchev–Trinajstić information content (AvgIpc) is 3.88. The zero-order valence-corrected chi connectivity index (χ0v) is 39.8. The monoisotopic (exact) mass is 892 g/mol. The molecule has 326 valence electrons. The molecule has 0 atom stereocenters. The number of benzene rings is 9. The molecular weight excluding hydrogens is 845 g/mol. The SMILES string of the molecule is Cc1cc(C)c(-c2ccc3c(c2)c2cc(-c4c(C)cc(C)cc4C)ccc2n3-c2ccc(-c3ccc4c(c3)sc3ccccc34)cc2-c2nc(-c3ccccc3)nc(-c3ccccc3)n2)c(C)c1. The van der Waals surface area contributed by atoms with Gasteiger partial charge < -0.3 is 4.57 Å². The van der Waals surface area contributed by atoms with Crippen LogP contribution in [0, 0.1) is 41.5 Å². The predicted octanol–water partition coefficient (Wildman–Crippen LogP) is 17.2. The molecule has 12 rings (SSSR count). The minimum Gasteiger partial charge on any atom is -0.308 e. The van der Waals surface area contributed by atoms with E-state index in [1.54, 1.807) is 0 Å². The molecule has 0 aliphatic rings. The van der Waals surface area contributed by atoms with Gasteiger partial charge in [0.15, 0.2) is 17.5 Å². The van der Waals surface area contributed by atoms with E-state index >= 15 is 0 Å². The average molecular weight is 893 g/mol. The fourth-order valence-electron chi connectivity index (χ4n) is 10.8. The van der Waals surface area contributed by atoms with Crippen LogP contribution in [0.5, 0.6) is 0 Å². The molecule has 3 heterocycles. The minimum absolute atomic E-state index is 0.609. The molecule has 0 aliphatic carbocycles. The smallest absolute Gasteiger partial charge is 0.166 e. The first kappa shape index (κ1) is 41.4. The first-order valence-electron chi connectivity index (χ1n) is 23.3. The lowest BCUT2D eigenvalue weighted by molar-refractivity contribution is 1.06. The highest BCUT2D eigenvalue weighted by Crippen LogP contribution is 2.43. The lowest BCUT2D eigenvalue weighted by atomic mass is 9.91. The molecule has 0 bridgehead atoms. The van der Waals surface area contributed by atoms with Crippen molar-refractivity contribution in [3.8, 4) is 73.2 Å². The van der Waals surface area contributed by atoms with Crippen LogP contribution in [0.15, 0.2) is 182 Å².